The zero-order valence-electron chi connectivity index (χ0n) is 17.6. The Labute approximate surface area is 174 Å². The molecule has 0 aliphatic rings. The van der Waals surface area contributed by atoms with Gasteiger partial charge in [-0.3, -0.25) is 4.68 Å². The molecule has 7 nitrogen and oxygen atoms in total. The van der Waals surface area contributed by atoms with Crippen molar-refractivity contribution < 1.29 is 9.13 Å². The summed E-state index contributed by atoms with van der Waals surface area (Å²) in [4.78, 5) is 8.82. The zero-order valence-corrected chi connectivity index (χ0v) is 17.6. The molecule has 0 N–H and O–H groups in total. The molecule has 30 heavy (non-hydrogen) atoms. The fraction of sp³-hybridized carbons (Fsp3) is 0.273. The summed E-state index contributed by atoms with van der Waals surface area (Å²) in [6.45, 7) is 5.87. The zero-order chi connectivity index (χ0) is 21.4. The van der Waals surface area contributed by atoms with E-state index in [9.17, 15) is 4.39 Å². The first-order valence-electron chi connectivity index (χ1n) is 9.59. The minimum absolute atomic E-state index is 0.262. The number of aryl methyl sites for hydroxylation is 2. The summed E-state index contributed by atoms with van der Waals surface area (Å²) in [7, 11) is 3.54. The first-order chi connectivity index (χ1) is 14.4. The Hall–Kier alpha value is -3.55. The van der Waals surface area contributed by atoms with Crippen molar-refractivity contribution in [3.63, 3.8) is 0 Å². The van der Waals surface area contributed by atoms with Crippen LogP contribution in [0.25, 0.3) is 17.1 Å². The molecular weight excluding hydrogens is 383 g/mol. The van der Waals surface area contributed by atoms with Crippen molar-refractivity contribution in [2.24, 2.45) is 7.05 Å². The number of nitrogens with zero attached hydrogens (tertiary/aromatic N) is 6. The fourth-order valence-electron chi connectivity index (χ4n) is 3.71. The molecule has 0 aliphatic heterocycles. The van der Waals surface area contributed by atoms with Gasteiger partial charge in [-0.05, 0) is 50.6 Å². The van der Waals surface area contributed by atoms with Gasteiger partial charge in [0.1, 0.15) is 17.8 Å². The second-order valence-electron chi connectivity index (χ2n) is 7.21. The number of rotatable bonds is 5. The van der Waals surface area contributed by atoms with Crippen LogP contribution in [0.5, 0.6) is 5.75 Å². The molecule has 0 saturated heterocycles. The highest BCUT2D eigenvalue weighted by Gasteiger charge is 2.17. The Balaban J connectivity index is 1.68. The monoisotopic (exact) mass is 406 g/mol. The van der Waals surface area contributed by atoms with Crippen LogP contribution in [0.1, 0.15) is 28.3 Å². The van der Waals surface area contributed by atoms with Crippen LogP contribution in [0, 0.1) is 26.6 Å². The molecule has 0 amide bonds. The van der Waals surface area contributed by atoms with Crippen LogP contribution in [-0.2, 0) is 13.5 Å². The van der Waals surface area contributed by atoms with Gasteiger partial charge in [-0.2, -0.15) is 10.2 Å². The summed E-state index contributed by atoms with van der Waals surface area (Å²) >= 11 is 0. The Morgan fingerprint density at radius 2 is 1.77 bits per heavy atom. The molecule has 0 spiro atoms. The normalized spacial score (nSPS) is 11.1. The average Bonchev–Trinajstić information content (AvgIpc) is 3.18. The van der Waals surface area contributed by atoms with E-state index >= 15 is 0 Å². The van der Waals surface area contributed by atoms with E-state index in [0.717, 1.165) is 45.3 Å². The lowest BCUT2D eigenvalue weighted by atomic mass is 10.0. The van der Waals surface area contributed by atoms with Gasteiger partial charge in [0.05, 0.1) is 24.2 Å². The van der Waals surface area contributed by atoms with E-state index in [-0.39, 0.29) is 5.82 Å². The van der Waals surface area contributed by atoms with E-state index in [1.807, 2.05) is 38.6 Å². The predicted molar refractivity (Wildman–Crippen MR) is 111 cm³/mol. The van der Waals surface area contributed by atoms with Crippen LogP contribution in [0.4, 0.5) is 4.39 Å². The molecule has 0 bridgehead atoms. The average molecular weight is 406 g/mol. The molecule has 0 radical (unpaired) electrons. The van der Waals surface area contributed by atoms with E-state index in [0.29, 0.717) is 12.2 Å². The standard InChI is InChI=1S/C22H23FN6O/c1-13-19(28(4)27-21(13)16-6-8-17(23)9-7-16)10-18-11-20(25-12-24-18)29-15(3)22(30-5)14(2)26-29/h6-9,11-12H,10H2,1-5H3. The fourth-order valence-corrected chi connectivity index (χ4v) is 3.71. The van der Waals surface area contributed by atoms with Crippen molar-refractivity contribution in [2.45, 2.75) is 27.2 Å². The molecule has 0 aliphatic carbocycles. The van der Waals surface area contributed by atoms with Gasteiger partial charge in [0, 0.05) is 30.8 Å². The van der Waals surface area contributed by atoms with Gasteiger partial charge in [-0.25, -0.2) is 19.0 Å². The van der Waals surface area contributed by atoms with Crippen molar-refractivity contribution in [1.82, 2.24) is 29.5 Å². The van der Waals surface area contributed by atoms with Crippen molar-refractivity contribution in [2.75, 3.05) is 7.11 Å². The molecule has 1 aromatic carbocycles. The highest BCUT2D eigenvalue weighted by atomic mass is 19.1. The second-order valence-corrected chi connectivity index (χ2v) is 7.21. The third-order valence-corrected chi connectivity index (χ3v) is 5.25. The summed E-state index contributed by atoms with van der Waals surface area (Å²) in [5, 5.41) is 9.18. The molecular formula is C22H23FN6O. The van der Waals surface area contributed by atoms with Crippen molar-refractivity contribution in [3.05, 3.63) is 70.8 Å². The molecule has 4 aromatic rings. The molecule has 154 valence electrons. The number of benzene rings is 1. The largest absolute Gasteiger partial charge is 0.493 e. The maximum Gasteiger partial charge on any atom is 0.163 e. The Morgan fingerprint density at radius 1 is 1.03 bits per heavy atom. The van der Waals surface area contributed by atoms with Gasteiger partial charge in [-0.15, -0.1) is 0 Å². The van der Waals surface area contributed by atoms with Gasteiger partial charge in [0.15, 0.2) is 11.6 Å². The van der Waals surface area contributed by atoms with Crippen molar-refractivity contribution in [3.8, 4) is 22.8 Å². The lowest BCUT2D eigenvalue weighted by molar-refractivity contribution is 0.408. The van der Waals surface area contributed by atoms with E-state index in [1.54, 1.807) is 30.3 Å². The molecule has 3 aromatic heterocycles. The lowest BCUT2D eigenvalue weighted by Gasteiger charge is -2.07. The molecule has 0 unspecified atom stereocenters. The van der Waals surface area contributed by atoms with Crippen LogP contribution in [0.3, 0.4) is 0 Å². The topological polar surface area (TPSA) is 70.7 Å². The van der Waals surface area contributed by atoms with Crippen molar-refractivity contribution >= 4 is 0 Å². The minimum atomic E-state index is -0.262. The van der Waals surface area contributed by atoms with Crippen LogP contribution >= 0.6 is 0 Å². The second kappa shape index (κ2) is 7.70. The molecule has 0 saturated carbocycles. The maximum absolute atomic E-state index is 13.3. The Kier molecular flexibility index (Phi) is 5.07. The van der Waals surface area contributed by atoms with Crippen molar-refractivity contribution in [1.29, 1.82) is 0 Å². The van der Waals surface area contributed by atoms with E-state index in [4.69, 9.17) is 4.74 Å². The molecule has 0 atom stereocenters. The van der Waals surface area contributed by atoms with Crippen LogP contribution < -0.4 is 4.74 Å². The SMILES string of the molecule is COc1c(C)nn(-c2cc(Cc3c(C)c(-c4ccc(F)cc4)nn3C)ncn2)c1C. The van der Waals surface area contributed by atoms with E-state index < -0.39 is 0 Å². The van der Waals surface area contributed by atoms with Gasteiger partial charge >= 0.3 is 0 Å². The quantitative estimate of drug-likeness (QED) is 0.505. The van der Waals surface area contributed by atoms with Crippen LogP contribution in [-0.4, -0.2) is 36.6 Å². The molecule has 4 rings (SSSR count). The summed E-state index contributed by atoms with van der Waals surface area (Å²) in [5.74, 6) is 1.17. The highest BCUT2D eigenvalue weighted by Crippen LogP contribution is 2.27. The summed E-state index contributed by atoms with van der Waals surface area (Å²) < 4.78 is 22.3. The highest BCUT2D eigenvalue weighted by molar-refractivity contribution is 5.64. The number of hydrogen-bond donors (Lipinski definition) is 0. The number of hydrogen-bond acceptors (Lipinski definition) is 5. The van der Waals surface area contributed by atoms with Gasteiger partial charge in [-0.1, -0.05) is 0 Å². The van der Waals surface area contributed by atoms with Crippen LogP contribution in [0.15, 0.2) is 36.7 Å². The smallest absolute Gasteiger partial charge is 0.163 e. The van der Waals surface area contributed by atoms with Crippen LogP contribution in [0.2, 0.25) is 0 Å². The third-order valence-electron chi connectivity index (χ3n) is 5.25. The van der Waals surface area contributed by atoms with Gasteiger partial charge in [0.25, 0.3) is 0 Å². The molecule has 3 heterocycles. The lowest BCUT2D eigenvalue weighted by Crippen LogP contribution is -2.06. The van der Waals surface area contributed by atoms with E-state index in [2.05, 4.69) is 20.2 Å². The number of ether oxygens (including phenoxy) is 1. The number of aromatic nitrogens is 6. The first-order valence-corrected chi connectivity index (χ1v) is 9.59. The minimum Gasteiger partial charge on any atom is -0.493 e. The molecule has 8 heteroatoms. The number of methoxy groups -OCH3 is 1. The summed E-state index contributed by atoms with van der Waals surface area (Å²) in [6, 6.07) is 8.30. The van der Waals surface area contributed by atoms with Gasteiger partial charge < -0.3 is 4.74 Å². The summed E-state index contributed by atoms with van der Waals surface area (Å²) in [6.07, 6.45) is 2.13. The third kappa shape index (κ3) is 3.45. The van der Waals surface area contributed by atoms with Gasteiger partial charge in [0.2, 0.25) is 0 Å². The summed E-state index contributed by atoms with van der Waals surface area (Å²) in [5.41, 5.74) is 6.33. The maximum atomic E-state index is 13.3. The Morgan fingerprint density at radius 3 is 2.43 bits per heavy atom. The van der Waals surface area contributed by atoms with E-state index in [1.165, 1.54) is 12.1 Å². The predicted octanol–water partition coefficient (Wildman–Crippen LogP) is 3.73. The Bertz CT molecular complexity index is 1210. The molecule has 0 fully saturated rings. The number of halogens is 1. The first kappa shape index (κ1) is 19.8.